The van der Waals surface area contributed by atoms with Crippen molar-refractivity contribution in [3.8, 4) is 0 Å². The summed E-state index contributed by atoms with van der Waals surface area (Å²) in [6, 6.07) is 0. The second-order valence-electron chi connectivity index (χ2n) is 13.9. The zero-order valence-electron chi connectivity index (χ0n) is 31.4. The summed E-state index contributed by atoms with van der Waals surface area (Å²) in [7, 11) is 0. The second-order valence-corrected chi connectivity index (χ2v) is 13.9. The molecule has 0 fully saturated rings. The van der Waals surface area contributed by atoms with Crippen molar-refractivity contribution in [3.05, 3.63) is 0 Å². The molecule has 0 rings (SSSR count). The number of hydrogen-bond donors (Lipinski definition) is 1. The zero-order chi connectivity index (χ0) is 35.5. The van der Waals surface area contributed by atoms with Crippen LogP contribution >= 0.6 is 0 Å². The summed E-state index contributed by atoms with van der Waals surface area (Å²) < 4.78 is 16.1. The molecule has 0 aliphatic heterocycles. The van der Waals surface area contributed by atoms with E-state index in [2.05, 4.69) is 13.8 Å². The van der Waals surface area contributed by atoms with Crippen molar-refractivity contribution in [1.29, 1.82) is 0 Å². The van der Waals surface area contributed by atoms with Crippen molar-refractivity contribution in [2.75, 3.05) is 13.2 Å². The predicted octanol–water partition coefficient (Wildman–Crippen LogP) is 11.1. The normalized spacial score (nSPS) is 11.8. The van der Waals surface area contributed by atoms with Crippen LogP contribution < -0.4 is 0 Å². The van der Waals surface area contributed by atoms with Gasteiger partial charge in [0, 0.05) is 12.8 Å². The third kappa shape index (κ3) is 32.4. The Morgan fingerprint density at radius 3 is 1.04 bits per heavy atom. The molecule has 0 aliphatic carbocycles. The Balaban J connectivity index is 4.17. The standard InChI is InChI=1S/C40H74O8/c1-4-6-8-10-12-14-16-18-20-22-24-26-28-30-37(41)46-33-36(48-39(43)32-35(3)40(44)45)34-47-38(42)31-29-27-25-23-21-19-17-15-13-11-9-7-5-2/h35-36H,4-34H2,1-3H3,(H,44,45). The molecule has 0 spiro atoms. The molecule has 48 heavy (non-hydrogen) atoms. The maximum Gasteiger partial charge on any atom is 0.307 e. The van der Waals surface area contributed by atoms with Gasteiger partial charge in [0.25, 0.3) is 0 Å². The first kappa shape index (κ1) is 45.9. The van der Waals surface area contributed by atoms with Crippen molar-refractivity contribution in [3.63, 3.8) is 0 Å². The molecule has 1 atom stereocenters. The van der Waals surface area contributed by atoms with Gasteiger partial charge in [-0.3, -0.25) is 19.2 Å². The van der Waals surface area contributed by atoms with E-state index in [0.717, 1.165) is 38.5 Å². The molecule has 0 aromatic carbocycles. The number of aliphatic carboxylic acids is 1. The number of carbonyl (C=O) groups excluding carboxylic acids is 3. The molecule has 1 N–H and O–H groups in total. The number of ether oxygens (including phenoxy) is 3. The quantitative estimate of drug-likeness (QED) is 0.0394. The topological polar surface area (TPSA) is 116 Å². The number of esters is 3. The first-order valence-corrected chi connectivity index (χ1v) is 20.0. The van der Waals surface area contributed by atoms with Crippen LogP contribution in [0, 0.1) is 5.92 Å². The van der Waals surface area contributed by atoms with Gasteiger partial charge in [0.15, 0.2) is 6.10 Å². The average molecular weight is 683 g/mol. The van der Waals surface area contributed by atoms with Crippen LogP contribution in [0.15, 0.2) is 0 Å². The first-order valence-electron chi connectivity index (χ1n) is 20.0. The molecule has 282 valence electrons. The van der Waals surface area contributed by atoms with Gasteiger partial charge in [-0.05, 0) is 12.8 Å². The summed E-state index contributed by atoms with van der Waals surface area (Å²) in [5.41, 5.74) is 0. The lowest BCUT2D eigenvalue weighted by Gasteiger charge is -2.19. The van der Waals surface area contributed by atoms with Gasteiger partial charge < -0.3 is 19.3 Å². The molecule has 0 saturated heterocycles. The molecule has 0 aliphatic rings. The number of rotatable bonds is 36. The summed E-state index contributed by atoms with van der Waals surface area (Å²) in [5.74, 6) is -3.49. The van der Waals surface area contributed by atoms with Gasteiger partial charge in [0.05, 0.1) is 12.3 Å². The Morgan fingerprint density at radius 1 is 0.458 bits per heavy atom. The summed E-state index contributed by atoms with van der Waals surface area (Å²) in [5, 5.41) is 9.11. The summed E-state index contributed by atoms with van der Waals surface area (Å²) in [4.78, 5) is 48.1. The van der Waals surface area contributed by atoms with E-state index >= 15 is 0 Å². The van der Waals surface area contributed by atoms with E-state index in [-0.39, 0.29) is 44.4 Å². The second kappa shape index (κ2) is 34.7. The van der Waals surface area contributed by atoms with Gasteiger partial charge in [-0.2, -0.15) is 0 Å². The van der Waals surface area contributed by atoms with Crippen molar-refractivity contribution in [1.82, 2.24) is 0 Å². The molecule has 8 heteroatoms. The molecule has 0 aromatic heterocycles. The van der Waals surface area contributed by atoms with E-state index in [0.29, 0.717) is 0 Å². The van der Waals surface area contributed by atoms with Crippen LogP contribution in [0.5, 0.6) is 0 Å². The Hall–Kier alpha value is -2.12. The van der Waals surface area contributed by atoms with Crippen molar-refractivity contribution in [2.45, 2.75) is 213 Å². The highest BCUT2D eigenvalue weighted by Crippen LogP contribution is 2.15. The van der Waals surface area contributed by atoms with Gasteiger partial charge in [-0.1, -0.05) is 175 Å². The van der Waals surface area contributed by atoms with E-state index < -0.39 is 24.0 Å². The van der Waals surface area contributed by atoms with E-state index in [1.54, 1.807) is 0 Å². The molecule has 0 bridgehead atoms. The van der Waals surface area contributed by atoms with Crippen LogP contribution in [0.1, 0.15) is 207 Å². The zero-order valence-corrected chi connectivity index (χ0v) is 31.4. The third-order valence-electron chi connectivity index (χ3n) is 9.02. The number of hydrogen-bond acceptors (Lipinski definition) is 7. The van der Waals surface area contributed by atoms with E-state index in [1.807, 2.05) is 0 Å². The van der Waals surface area contributed by atoms with Crippen LogP contribution in [0.25, 0.3) is 0 Å². The van der Waals surface area contributed by atoms with Gasteiger partial charge >= 0.3 is 23.9 Å². The summed E-state index contributed by atoms with van der Waals surface area (Å²) in [6.07, 6.45) is 31.1. The minimum Gasteiger partial charge on any atom is -0.481 e. The van der Waals surface area contributed by atoms with Gasteiger partial charge in [-0.15, -0.1) is 0 Å². The van der Waals surface area contributed by atoms with Crippen LogP contribution in [0.3, 0.4) is 0 Å². The first-order chi connectivity index (χ1) is 23.3. The maximum absolute atomic E-state index is 12.3. The number of carbonyl (C=O) groups is 4. The fourth-order valence-corrected chi connectivity index (χ4v) is 5.78. The monoisotopic (exact) mass is 683 g/mol. The highest BCUT2D eigenvalue weighted by molar-refractivity contribution is 5.78. The molecule has 0 amide bonds. The highest BCUT2D eigenvalue weighted by Gasteiger charge is 2.23. The summed E-state index contributed by atoms with van der Waals surface area (Å²) in [6.45, 7) is 5.46. The molecule has 8 nitrogen and oxygen atoms in total. The van der Waals surface area contributed by atoms with Crippen molar-refractivity contribution >= 4 is 23.9 Å². The SMILES string of the molecule is CCCCCCCCCCCCCCCC(=O)OCC(COC(=O)CCCCCCCCCCCCCCC)OC(=O)CC(C)C(=O)O. The molecule has 0 radical (unpaired) electrons. The largest absolute Gasteiger partial charge is 0.481 e. The van der Waals surface area contributed by atoms with Crippen LogP contribution in [-0.4, -0.2) is 48.3 Å². The third-order valence-corrected chi connectivity index (χ3v) is 9.02. The fraction of sp³-hybridized carbons (Fsp3) is 0.900. The Kier molecular flexibility index (Phi) is 33.2. The van der Waals surface area contributed by atoms with Crippen LogP contribution in [-0.2, 0) is 33.4 Å². The van der Waals surface area contributed by atoms with Gasteiger partial charge in [0.2, 0.25) is 0 Å². The predicted molar refractivity (Wildman–Crippen MR) is 194 cm³/mol. The number of unbranched alkanes of at least 4 members (excludes halogenated alkanes) is 24. The Labute approximate surface area is 294 Å². The fourth-order valence-electron chi connectivity index (χ4n) is 5.78. The molecule has 1 unspecified atom stereocenters. The lowest BCUT2D eigenvalue weighted by atomic mass is 10.0. The minimum atomic E-state index is -1.10. The van der Waals surface area contributed by atoms with Crippen LogP contribution in [0.2, 0.25) is 0 Å². The van der Waals surface area contributed by atoms with E-state index in [4.69, 9.17) is 19.3 Å². The highest BCUT2D eigenvalue weighted by atomic mass is 16.6. The number of carboxylic acid groups (broad SMARTS) is 1. The Morgan fingerprint density at radius 2 is 0.750 bits per heavy atom. The molecular formula is C40H74O8. The number of carboxylic acids is 1. The summed E-state index contributed by atoms with van der Waals surface area (Å²) >= 11 is 0. The minimum absolute atomic E-state index is 0.226. The van der Waals surface area contributed by atoms with Gasteiger partial charge in [0.1, 0.15) is 13.2 Å². The van der Waals surface area contributed by atoms with Crippen molar-refractivity contribution < 1.29 is 38.5 Å². The van der Waals surface area contributed by atoms with Gasteiger partial charge in [-0.25, -0.2) is 0 Å². The molecule has 0 heterocycles. The Bertz CT molecular complexity index is 737. The lowest BCUT2D eigenvalue weighted by Crippen LogP contribution is -2.31. The van der Waals surface area contributed by atoms with Crippen LogP contribution in [0.4, 0.5) is 0 Å². The molecule has 0 saturated carbocycles. The lowest BCUT2D eigenvalue weighted by molar-refractivity contribution is -0.168. The smallest absolute Gasteiger partial charge is 0.307 e. The van der Waals surface area contributed by atoms with E-state index in [1.165, 1.54) is 135 Å². The maximum atomic E-state index is 12.3. The van der Waals surface area contributed by atoms with E-state index in [9.17, 15) is 19.2 Å². The molecule has 0 aromatic rings. The van der Waals surface area contributed by atoms with Crippen molar-refractivity contribution in [2.24, 2.45) is 5.92 Å². The molecular weight excluding hydrogens is 608 g/mol. The average Bonchev–Trinajstić information content (AvgIpc) is 3.06.